The molecule has 2 fully saturated rings. The van der Waals surface area contributed by atoms with E-state index in [0.717, 1.165) is 93.2 Å². The molecule has 4 rings (SSSR count). The van der Waals surface area contributed by atoms with Crippen LogP contribution in [0.3, 0.4) is 0 Å². The zero-order chi connectivity index (χ0) is 27.6. The van der Waals surface area contributed by atoms with Gasteiger partial charge in [0.05, 0.1) is 12.4 Å². The number of ether oxygens (including phenoxy) is 1. The molecule has 0 aliphatic carbocycles. The first-order valence-electron chi connectivity index (χ1n) is 13.9. The van der Waals surface area contributed by atoms with Crippen molar-refractivity contribution in [2.75, 3.05) is 37.7 Å². The van der Waals surface area contributed by atoms with Crippen molar-refractivity contribution in [3.05, 3.63) is 96.7 Å². The van der Waals surface area contributed by atoms with Gasteiger partial charge in [0.15, 0.2) is 0 Å². The Bertz CT molecular complexity index is 1200. The molecule has 39 heavy (non-hydrogen) atoms. The van der Waals surface area contributed by atoms with Crippen LogP contribution in [0, 0.1) is 18.2 Å². The molecule has 2 aromatic rings. The highest BCUT2D eigenvalue weighted by Crippen LogP contribution is 2.34. The van der Waals surface area contributed by atoms with E-state index < -0.39 is 0 Å². The Balaban J connectivity index is 1.29. The topological polar surface area (TPSA) is 39.8 Å². The summed E-state index contributed by atoms with van der Waals surface area (Å²) in [6.07, 6.45) is 12.5. The number of allylic oxidation sites excluding steroid dienone is 2. The van der Waals surface area contributed by atoms with E-state index in [2.05, 4.69) is 46.1 Å². The van der Waals surface area contributed by atoms with Crippen molar-refractivity contribution < 1.29 is 9.13 Å². The van der Waals surface area contributed by atoms with E-state index in [1.54, 1.807) is 12.3 Å². The maximum absolute atomic E-state index is 15.2. The fourth-order valence-corrected chi connectivity index (χ4v) is 5.45. The average molecular weight is 529 g/mol. The van der Waals surface area contributed by atoms with Gasteiger partial charge in [-0.05, 0) is 67.3 Å². The maximum Gasteiger partial charge on any atom is 0.146 e. The lowest BCUT2D eigenvalue weighted by molar-refractivity contribution is 0.172. The van der Waals surface area contributed by atoms with Gasteiger partial charge in [-0.15, -0.1) is 12.3 Å². The summed E-state index contributed by atoms with van der Waals surface area (Å²) in [6, 6.07) is 13.7. The van der Waals surface area contributed by atoms with Gasteiger partial charge in [0.2, 0.25) is 0 Å². The van der Waals surface area contributed by atoms with Crippen molar-refractivity contribution in [3.63, 3.8) is 0 Å². The third-order valence-electron chi connectivity index (χ3n) is 7.53. The number of nitrogens with one attached hydrogen (secondary N) is 2. The molecule has 2 atom stereocenters. The minimum absolute atomic E-state index is 0.0865. The molecule has 0 radical (unpaired) electrons. The van der Waals surface area contributed by atoms with Crippen LogP contribution in [0.5, 0.6) is 5.75 Å². The predicted octanol–water partition coefficient (Wildman–Crippen LogP) is 5.93. The standard InChI is InChI=1S/C33H41FN4O/c1-5-9-27-10-7-11-30(22-27)39-29(17-18-35-6-2)12-8-19-37-20-21-38(24-37)33-16-14-28(23-32(33)34)31-15-13-25(3)36-26(31)4/h1,6-7,10-11,14,16,22-23,29,31,35-36H,2-4,8-9,12-13,15,17-21,24H2. The number of anilines is 1. The van der Waals surface area contributed by atoms with E-state index in [-0.39, 0.29) is 17.8 Å². The third-order valence-corrected chi connectivity index (χ3v) is 7.53. The number of terminal acetylenes is 1. The van der Waals surface area contributed by atoms with Gasteiger partial charge in [-0.25, -0.2) is 4.39 Å². The van der Waals surface area contributed by atoms with Crippen LogP contribution in [0.4, 0.5) is 10.1 Å². The molecule has 5 nitrogen and oxygen atoms in total. The fraction of sp³-hybridized carbons (Fsp3) is 0.394. The smallest absolute Gasteiger partial charge is 0.146 e. The molecule has 0 aromatic heterocycles. The molecule has 0 spiro atoms. The van der Waals surface area contributed by atoms with Gasteiger partial charge in [-0.3, -0.25) is 4.90 Å². The summed E-state index contributed by atoms with van der Waals surface area (Å²) in [5.41, 5.74) is 4.60. The molecule has 206 valence electrons. The zero-order valence-corrected chi connectivity index (χ0v) is 22.9. The van der Waals surface area contributed by atoms with Crippen LogP contribution in [0.2, 0.25) is 0 Å². The van der Waals surface area contributed by atoms with Gasteiger partial charge in [0.25, 0.3) is 0 Å². The SMILES string of the molecule is C#CCc1cccc(OC(CCCN2CCN(c3ccc(C4CCC(=C)NC4=C)cc3F)C2)CCNC=C)c1. The number of hydrogen-bond acceptors (Lipinski definition) is 5. The zero-order valence-electron chi connectivity index (χ0n) is 22.9. The van der Waals surface area contributed by atoms with Gasteiger partial charge in [0, 0.05) is 56.3 Å². The van der Waals surface area contributed by atoms with Crippen LogP contribution in [-0.2, 0) is 6.42 Å². The normalized spacial score (nSPS) is 18.4. The molecule has 2 N–H and O–H groups in total. The first kappa shape index (κ1) is 28.3. The number of benzene rings is 2. The molecule has 2 saturated heterocycles. The Hall–Kier alpha value is -3.69. The summed E-state index contributed by atoms with van der Waals surface area (Å²) >= 11 is 0. The van der Waals surface area contributed by atoms with Crippen LogP contribution in [0.15, 0.2) is 79.8 Å². The molecule has 2 unspecified atom stereocenters. The molecule has 2 heterocycles. The molecule has 0 saturated carbocycles. The summed E-state index contributed by atoms with van der Waals surface area (Å²) in [7, 11) is 0. The average Bonchev–Trinajstić information content (AvgIpc) is 3.37. The number of halogens is 1. The molecule has 0 amide bonds. The summed E-state index contributed by atoms with van der Waals surface area (Å²) in [5, 5.41) is 6.41. The minimum Gasteiger partial charge on any atom is -0.490 e. The third kappa shape index (κ3) is 7.91. The van der Waals surface area contributed by atoms with Gasteiger partial charge < -0.3 is 20.3 Å². The van der Waals surface area contributed by atoms with Crippen LogP contribution in [-0.4, -0.2) is 43.9 Å². The molecule has 2 aliphatic heterocycles. The molecule has 2 aliphatic rings. The lowest BCUT2D eigenvalue weighted by atomic mass is 9.88. The maximum atomic E-state index is 15.2. The van der Waals surface area contributed by atoms with E-state index in [1.807, 2.05) is 36.4 Å². The van der Waals surface area contributed by atoms with E-state index >= 15 is 4.39 Å². The van der Waals surface area contributed by atoms with E-state index in [0.29, 0.717) is 12.1 Å². The van der Waals surface area contributed by atoms with E-state index in [9.17, 15) is 0 Å². The highest BCUT2D eigenvalue weighted by atomic mass is 19.1. The van der Waals surface area contributed by atoms with Crippen molar-refractivity contribution >= 4 is 5.69 Å². The number of hydrogen-bond donors (Lipinski definition) is 2. The molecule has 6 heteroatoms. The van der Waals surface area contributed by atoms with E-state index in [4.69, 9.17) is 11.2 Å². The van der Waals surface area contributed by atoms with Crippen molar-refractivity contribution in [1.29, 1.82) is 0 Å². The number of rotatable bonds is 13. The van der Waals surface area contributed by atoms with Gasteiger partial charge in [-0.2, -0.15) is 0 Å². The number of piperidine rings is 1. The minimum atomic E-state index is -0.165. The Morgan fingerprint density at radius 2 is 2.08 bits per heavy atom. The van der Waals surface area contributed by atoms with Gasteiger partial charge >= 0.3 is 0 Å². The predicted molar refractivity (Wildman–Crippen MR) is 159 cm³/mol. The monoisotopic (exact) mass is 528 g/mol. The Morgan fingerprint density at radius 3 is 2.85 bits per heavy atom. The molecule has 0 bridgehead atoms. The number of nitrogens with zero attached hydrogens (tertiary/aromatic N) is 2. The second-order valence-electron chi connectivity index (χ2n) is 10.4. The second kappa shape index (κ2) is 13.9. The molecule has 2 aromatic carbocycles. The molecular formula is C33H41FN4O. The summed E-state index contributed by atoms with van der Waals surface area (Å²) in [5.74, 6) is 3.50. The summed E-state index contributed by atoms with van der Waals surface area (Å²) in [4.78, 5) is 4.52. The fourth-order valence-electron chi connectivity index (χ4n) is 5.45. The quantitative estimate of drug-likeness (QED) is 0.249. The summed E-state index contributed by atoms with van der Waals surface area (Å²) < 4.78 is 21.6. The van der Waals surface area contributed by atoms with Gasteiger partial charge in [0.1, 0.15) is 17.7 Å². The van der Waals surface area contributed by atoms with E-state index in [1.165, 1.54) is 0 Å². The lowest BCUT2D eigenvalue weighted by Gasteiger charge is -2.28. The Morgan fingerprint density at radius 1 is 1.21 bits per heavy atom. The largest absolute Gasteiger partial charge is 0.490 e. The van der Waals surface area contributed by atoms with Crippen LogP contribution < -0.4 is 20.3 Å². The van der Waals surface area contributed by atoms with Crippen molar-refractivity contribution in [3.8, 4) is 18.1 Å². The van der Waals surface area contributed by atoms with Crippen molar-refractivity contribution in [2.24, 2.45) is 0 Å². The van der Waals surface area contributed by atoms with Crippen LogP contribution in [0.1, 0.15) is 49.1 Å². The Kier molecular flexibility index (Phi) is 10.1. The van der Waals surface area contributed by atoms with Crippen molar-refractivity contribution in [2.45, 2.75) is 50.5 Å². The Labute approximate surface area is 233 Å². The molecular weight excluding hydrogens is 487 g/mol. The first-order valence-corrected chi connectivity index (χ1v) is 13.9. The second-order valence-corrected chi connectivity index (χ2v) is 10.4. The summed E-state index contributed by atoms with van der Waals surface area (Å²) in [6.45, 7) is 16.1. The van der Waals surface area contributed by atoms with Crippen molar-refractivity contribution in [1.82, 2.24) is 15.5 Å². The highest BCUT2D eigenvalue weighted by molar-refractivity contribution is 5.51. The lowest BCUT2D eigenvalue weighted by Crippen LogP contribution is -2.28. The first-order chi connectivity index (χ1) is 19.0. The van der Waals surface area contributed by atoms with Crippen LogP contribution >= 0.6 is 0 Å². The van der Waals surface area contributed by atoms with Crippen LogP contribution in [0.25, 0.3) is 0 Å². The highest BCUT2D eigenvalue weighted by Gasteiger charge is 2.25. The van der Waals surface area contributed by atoms with Gasteiger partial charge in [-0.1, -0.05) is 37.9 Å².